The Morgan fingerprint density at radius 1 is 0.824 bits per heavy atom. The number of nitrogens with zero attached hydrogens (tertiary/aromatic N) is 2. The summed E-state index contributed by atoms with van der Waals surface area (Å²) in [5.41, 5.74) is 2.60. The molecule has 2 amide bonds. The maximum atomic E-state index is 13.9. The largest absolute Gasteiger partial charge is 0.495 e. The SMILES string of the molecule is CCCOc1ccc(C2=C(N(CC)c3ccccc3)C(=O)N(c3ccccc3OC)C2=O)cc1. The van der Waals surface area contributed by atoms with Crippen molar-refractivity contribution in [2.45, 2.75) is 20.3 Å². The van der Waals surface area contributed by atoms with Gasteiger partial charge in [0.15, 0.2) is 0 Å². The minimum Gasteiger partial charge on any atom is -0.495 e. The van der Waals surface area contributed by atoms with Crippen LogP contribution in [0.15, 0.2) is 84.6 Å². The normalized spacial score (nSPS) is 13.4. The van der Waals surface area contributed by atoms with Gasteiger partial charge in [0.25, 0.3) is 11.8 Å². The summed E-state index contributed by atoms with van der Waals surface area (Å²) in [5, 5.41) is 0. The second kappa shape index (κ2) is 10.3. The Balaban J connectivity index is 1.86. The first kappa shape index (κ1) is 23.1. The van der Waals surface area contributed by atoms with Crippen molar-refractivity contribution in [3.05, 3.63) is 90.1 Å². The summed E-state index contributed by atoms with van der Waals surface area (Å²) in [7, 11) is 1.52. The molecular formula is C28H28N2O4. The van der Waals surface area contributed by atoms with Crippen LogP contribution in [-0.2, 0) is 9.59 Å². The average Bonchev–Trinajstić information content (AvgIpc) is 3.13. The van der Waals surface area contributed by atoms with E-state index >= 15 is 0 Å². The van der Waals surface area contributed by atoms with Gasteiger partial charge in [-0.05, 0) is 55.3 Å². The van der Waals surface area contributed by atoms with Gasteiger partial charge >= 0.3 is 0 Å². The van der Waals surface area contributed by atoms with Crippen molar-refractivity contribution in [3.8, 4) is 11.5 Å². The highest BCUT2D eigenvalue weighted by molar-refractivity contribution is 6.46. The Hall–Kier alpha value is -4.06. The van der Waals surface area contributed by atoms with Crippen LogP contribution >= 0.6 is 0 Å². The van der Waals surface area contributed by atoms with Gasteiger partial charge in [-0.15, -0.1) is 0 Å². The quantitative estimate of drug-likeness (QED) is 0.409. The minimum absolute atomic E-state index is 0.340. The molecule has 4 rings (SSSR count). The monoisotopic (exact) mass is 456 g/mol. The third-order valence-electron chi connectivity index (χ3n) is 5.66. The number of carbonyl (C=O) groups excluding carboxylic acids is 2. The fourth-order valence-electron chi connectivity index (χ4n) is 4.08. The number of methoxy groups -OCH3 is 1. The van der Waals surface area contributed by atoms with Gasteiger partial charge in [0.1, 0.15) is 17.2 Å². The zero-order chi connectivity index (χ0) is 24.1. The van der Waals surface area contributed by atoms with E-state index in [0.29, 0.717) is 41.4 Å². The predicted octanol–water partition coefficient (Wildman–Crippen LogP) is 5.30. The van der Waals surface area contributed by atoms with E-state index in [0.717, 1.165) is 17.9 Å². The Labute approximate surface area is 200 Å². The molecule has 0 aromatic heterocycles. The van der Waals surface area contributed by atoms with Crippen LogP contribution in [0.25, 0.3) is 5.57 Å². The van der Waals surface area contributed by atoms with Crippen LogP contribution < -0.4 is 19.3 Å². The first-order valence-corrected chi connectivity index (χ1v) is 11.4. The third-order valence-corrected chi connectivity index (χ3v) is 5.66. The second-order valence-electron chi connectivity index (χ2n) is 7.79. The van der Waals surface area contributed by atoms with Gasteiger partial charge in [0.2, 0.25) is 0 Å². The number of anilines is 2. The van der Waals surface area contributed by atoms with Crippen molar-refractivity contribution in [1.29, 1.82) is 0 Å². The first-order chi connectivity index (χ1) is 16.6. The Kier molecular flexibility index (Phi) is 6.97. The van der Waals surface area contributed by atoms with E-state index in [-0.39, 0.29) is 11.8 Å². The van der Waals surface area contributed by atoms with Crippen molar-refractivity contribution in [2.24, 2.45) is 0 Å². The number of rotatable bonds is 9. The van der Waals surface area contributed by atoms with Crippen LogP contribution in [-0.4, -0.2) is 32.1 Å². The molecule has 3 aromatic carbocycles. The zero-order valence-corrected chi connectivity index (χ0v) is 19.7. The number of carbonyl (C=O) groups is 2. The Bertz CT molecular complexity index is 1200. The highest BCUT2D eigenvalue weighted by Crippen LogP contribution is 2.39. The summed E-state index contributed by atoms with van der Waals surface area (Å²) in [6.45, 7) is 5.13. The van der Waals surface area contributed by atoms with Gasteiger partial charge in [-0.25, -0.2) is 4.90 Å². The topological polar surface area (TPSA) is 59.1 Å². The molecule has 0 saturated heterocycles. The molecule has 1 aliphatic rings. The Morgan fingerprint density at radius 3 is 2.15 bits per heavy atom. The fourth-order valence-corrected chi connectivity index (χ4v) is 4.08. The van der Waals surface area contributed by atoms with Crippen molar-refractivity contribution >= 4 is 28.8 Å². The van der Waals surface area contributed by atoms with Crippen molar-refractivity contribution < 1.29 is 19.1 Å². The van der Waals surface area contributed by atoms with Crippen LogP contribution in [0.2, 0.25) is 0 Å². The molecule has 1 aliphatic heterocycles. The van der Waals surface area contributed by atoms with Gasteiger partial charge < -0.3 is 14.4 Å². The van der Waals surface area contributed by atoms with E-state index in [2.05, 4.69) is 0 Å². The molecule has 0 radical (unpaired) electrons. The van der Waals surface area contributed by atoms with Crippen LogP contribution in [0.3, 0.4) is 0 Å². The van der Waals surface area contributed by atoms with E-state index in [9.17, 15) is 9.59 Å². The molecule has 0 bridgehead atoms. The fraction of sp³-hybridized carbons (Fsp3) is 0.214. The number of para-hydroxylation sites is 3. The van der Waals surface area contributed by atoms with Crippen molar-refractivity contribution in [1.82, 2.24) is 0 Å². The average molecular weight is 457 g/mol. The molecule has 174 valence electrons. The summed E-state index contributed by atoms with van der Waals surface area (Å²) >= 11 is 0. The van der Waals surface area contributed by atoms with Gasteiger partial charge in [-0.3, -0.25) is 9.59 Å². The van der Waals surface area contributed by atoms with E-state index in [1.54, 1.807) is 24.3 Å². The number of imide groups is 1. The van der Waals surface area contributed by atoms with Crippen LogP contribution in [0.4, 0.5) is 11.4 Å². The molecule has 34 heavy (non-hydrogen) atoms. The highest BCUT2D eigenvalue weighted by atomic mass is 16.5. The number of benzene rings is 3. The predicted molar refractivity (Wildman–Crippen MR) is 134 cm³/mol. The van der Waals surface area contributed by atoms with E-state index in [1.165, 1.54) is 12.0 Å². The first-order valence-electron chi connectivity index (χ1n) is 11.4. The molecule has 0 atom stereocenters. The highest BCUT2D eigenvalue weighted by Gasteiger charge is 2.43. The molecule has 1 heterocycles. The van der Waals surface area contributed by atoms with Crippen molar-refractivity contribution in [2.75, 3.05) is 30.1 Å². The molecule has 6 nitrogen and oxygen atoms in total. The number of amides is 2. The molecule has 0 unspecified atom stereocenters. The third kappa shape index (κ3) is 4.27. The summed E-state index contributed by atoms with van der Waals surface area (Å²) in [4.78, 5) is 30.8. The van der Waals surface area contributed by atoms with E-state index in [1.807, 2.05) is 73.3 Å². The summed E-state index contributed by atoms with van der Waals surface area (Å²) < 4.78 is 11.2. The van der Waals surface area contributed by atoms with Crippen LogP contribution in [0.1, 0.15) is 25.8 Å². The maximum absolute atomic E-state index is 13.9. The number of likely N-dealkylation sites (N-methyl/N-ethyl adjacent to an activating group) is 1. The maximum Gasteiger partial charge on any atom is 0.282 e. The Morgan fingerprint density at radius 2 is 1.50 bits per heavy atom. The number of hydrogen-bond donors (Lipinski definition) is 0. The lowest BCUT2D eigenvalue weighted by molar-refractivity contribution is -0.120. The molecule has 0 saturated carbocycles. The smallest absolute Gasteiger partial charge is 0.282 e. The lowest BCUT2D eigenvalue weighted by Crippen LogP contribution is -2.35. The molecule has 0 spiro atoms. The molecule has 0 fully saturated rings. The van der Waals surface area contributed by atoms with E-state index < -0.39 is 0 Å². The molecule has 3 aromatic rings. The van der Waals surface area contributed by atoms with Gasteiger partial charge in [0, 0.05) is 12.2 Å². The number of hydrogen-bond acceptors (Lipinski definition) is 5. The van der Waals surface area contributed by atoms with Gasteiger partial charge in [-0.1, -0.05) is 49.4 Å². The second-order valence-corrected chi connectivity index (χ2v) is 7.79. The molecule has 0 aliphatic carbocycles. The molecular weight excluding hydrogens is 428 g/mol. The van der Waals surface area contributed by atoms with E-state index in [4.69, 9.17) is 9.47 Å². The zero-order valence-electron chi connectivity index (χ0n) is 19.7. The standard InChI is InChI=1S/C28H28N2O4/c1-4-19-34-22-17-15-20(16-18-22)25-26(29(5-2)21-11-7-6-8-12-21)28(32)30(27(25)31)23-13-9-10-14-24(23)33-3/h6-18H,4-5,19H2,1-3H3. The molecule has 6 heteroatoms. The molecule has 0 N–H and O–H groups in total. The summed E-state index contributed by atoms with van der Waals surface area (Å²) in [5.74, 6) is 0.403. The summed E-state index contributed by atoms with van der Waals surface area (Å²) in [6.07, 6.45) is 0.903. The van der Waals surface area contributed by atoms with Crippen LogP contribution in [0.5, 0.6) is 11.5 Å². The number of ether oxygens (including phenoxy) is 2. The van der Waals surface area contributed by atoms with Gasteiger partial charge in [-0.2, -0.15) is 0 Å². The van der Waals surface area contributed by atoms with Crippen molar-refractivity contribution in [3.63, 3.8) is 0 Å². The summed E-state index contributed by atoms with van der Waals surface area (Å²) in [6, 6.07) is 24.0. The lowest BCUT2D eigenvalue weighted by Gasteiger charge is -2.25. The minimum atomic E-state index is -0.388. The lowest BCUT2D eigenvalue weighted by atomic mass is 10.0. The van der Waals surface area contributed by atoms with Crippen LogP contribution in [0, 0.1) is 0 Å². The van der Waals surface area contributed by atoms with Gasteiger partial charge in [0.05, 0.1) is 25.0 Å².